The third-order valence-electron chi connectivity index (χ3n) is 1.88. The van der Waals surface area contributed by atoms with Gasteiger partial charge in [0.2, 0.25) is 0 Å². The highest BCUT2D eigenvalue weighted by molar-refractivity contribution is 14.1. The van der Waals surface area contributed by atoms with E-state index < -0.39 is 12.0 Å². The Morgan fingerprint density at radius 2 is 1.94 bits per heavy atom. The number of amides is 2. The molecule has 7 heteroatoms. The van der Waals surface area contributed by atoms with Crippen LogP contribution in [0.15, 0.2) is 18.2 Å². The van der Waals surface area contributed by atoms with Crippen LogP contribution in [0.5, 0.6) is 5.75 Å². The van der Waals surface area contributed by atoms with Gasteiger partial charge in [-0.05, 0) is 40.8 Å². The average molecular weight is 350 g/mol. The van der Waals surface area contributed by atoms with Crippen LogP contribution in [0.1, 0.15) is 10.4 Å². The summed E-state index contributed by atoms with van der Waals surface area (Å²) in [7, 11) is 2.76. The van der Waals surface area contributed by atoms with Crippen molar-refractivity contribution in [1.29, 1.82) is 0 Å². The zero-order chi connectivity index (χ0) is 12.8. The van der Waals surface area contributed by atoms with Gasteiger partial charge in [-0.3, -0.25) is 10.2 Å². The molecule has 92 valence electrons. The van der Waals surface area contributed by atoms with Crippen LogP contribution in [-0.2, 0) is 4.74 Å². The van der Waals surface area contributed by atoms with Crippen molar-refractivity contribution < 1.29 is 19.1 Å². The van der Waals surface area contributed by atoms with Gasteiger partial charge in [-0.1, -0.05) is 0 Å². The van der Waals surface area contributed by atoms with Crippen molar-refractivity contribution in [2.24, 2.45) is 0 Å². The minimum absolute atomic E-state index is 0.409. The Morgan fingerprint density at radius 3 is 2.47 bits per heavy atom. The van der Waals surface area contributed by atoms with Crippen molar-refractivity contribution in [3.05, 3.63) is 27.3 Å². The van der Waals surface area contributed by atoms with Crippen LogP contribution in [0.25, 0.3) is 0 Å². The van der Waals surface area contributed by atoms with Gasteiger partial charge in [0.05, 0.1) is 17.8 Å². The fraction of sp³-hybridized carbons (Fsp3) is 0.200. The SMILES string of the molecule is COC(=O)NNC(=O)c1ccc(OC)c(I)c1. The van der Waals surface area contributed by atoms with Crippen molar-refractivity contribution >= 4 is 34.6 Å². The first-order valence-corrected chi connectivity index (χ1v) is 5.64. The molecule has 2 amide bonds. The molecule has 0 aliphatic rings. The first kappa shape index (κ1) is 13.6. The second-order valence-electron chi connectivity index (χ2n) is 2.92. The Morgan fingerprint density at radius 1 is 1.24 bits per heavy atom. The minimum Gasteiger partial charge on any atom is -0.496 e. The van der Waals surface area contributed by atoms with Crippen LogP contribution in [0.2, 0.25) is 0 Å². The quantitative estimate of drug-likeness (QED) is 0.623. The Balaban J connectivity index is 2.69. The van der Waals surface area contributed by atoms with Crippen LogP contribution in [-0.4, -0.2) is 26.2 Å². The van der Waals surface area contributed by atoms with Gasteiger partial charge in [0.15, 0.2) is 0 Å². The van der Waals surface area contributed by atoms with Crippen LogP contribution < -0.4 is 15.6 Å². The lowest BCUT2D eigenvalue weighted by Crippen LogP contribution is -2.41. The predicted octanol–water partition coefficient (Wildman–Crippen LogP) is 1.30. The van der Waals surface area contributed by atoms with E-state index in [9.17, 15) is 9.59 Å². The van der Waals surface area contributed by atoms with E-state index in [4.69, 9.17) is 4.74 Å². The molecule has 0 aliphatic carbocycles. The molecule has 0 fully saturated rings. The van der Waals surface area contributed by atoms with Gasteiger partial charge >= 0.3 is 6.09 Å². The fourth-order valence-corrected chi connectivity index (χ4v) is 1.77. The summed E-state index contributed by atoms with van der Waals surface area (Å²) in [5.74, 6) is 0.249. The number of hydrazine groups is 1. The molecule has 0 saturated heterocycles. The lowest BCUT2D eigenvalue weighted by molar-refractivity contribution is 0.0920. The first-order chi connectivity index (χ1) is 8.08. The van der Waals surface area contributed by atoms with E-state index in [-0.39, 0.29) is 0 Å². The van der Waals surface area contributed by atoms with E-state index in [0.717, 1.165) is 3.57 Å². The molecule has 0 heterocycles. The topological polar surface area (TPSA) is 76.7 Å². The summed E-state index contributed by atoms with van der Waals surface area (Å²) >= 11 is 2.05. The number of rotatable bonds is 2. The van der Waals surface area contributed by atoms with Crippen molar-refractivity contribution in [1.82, 2.24) is 10.9 Å². The van der Waals surface area contributed by atoms with Crippen molar-refractivity contribution in [3.8, 4) is 5.75 Å². The summed E-state index contributed by atoms with van der Waals surface area (Å²) in [6.07, 6.45) is -0.735. The molecule has 0 bridgehead atoms. The number of hydrogen-bond acceptors (Lipinski definition) is 4. The van der Waals surface area contributed by atoms with E-state index in [2.05, 4.69) is 38.2 Å². The normalized spacial score (nSPS) is 9.35. The Kier molecular flexibility index (Phi) is 5.01. The Labute approximate surface area is 112 Å². The number of halogens is 1. The highest BCUT2D eigenvalue weighted by Crippen LogP contribution is 2.21. The summed E-state index contributed by atoms with van der Waals surface area (Å²) < 4.78 is 10.2. The van der Waals surface area contributed by atoms with Crippen LogP contribution in [0.4, 0.5) is 4.79 Å². The molecule has 0 atom stereocenters. The molecule has 1 aromatic carbocycles. The summed E-state index contributed by atoms with van der Waals surface area (Å²) in [5, 5.41) is 0. The van der Waals surface area contributed by atoms with Crippen molar-refractivity contribution in [3.63, 3.8) is 0 Å². The Hall–Kier alpha value is -1.51. The zero-order valence-electron chi connectivity index (χ0n) is 9.24. The maximum absolute atomic E-state index is 11.6. The molecule has 0 spiro atoms. The highest BCUT2D eigenvalue weighted by atomic mass is 127. The highest BCUT2D eigenvalue weighted by Gasteiger charge is 2.09. The number of carbonyl (C=O) groups excluding carboxylic acids is 2. The van der Waals surface area contributed by atoms with E-state index >= 15 is 0 Å². The maximum atomic E-state index is 11.6. The number of carbonyl (C=O) groups is 2. The molecule has 0 aliphatic heterocycles. The molecule has 1 aromatic rings. The van der Waals surface area contributed by atoms with Crippen molar-refractivity contribution in [2.75, 3.05) is 14.2 Å². The molecule has 17 heavy (non-hydrogen) atoms. The van der Waals surface area contributed by atoms with E-state index in [1.54, 1.807) is 25.3 Å². The number of benzene rings is 1. The summed E-state index contributed by atoms with van der Waals surface area (Å²) in [6, 6.07) is 4.91. The van der Waals surface area contributed by atoms with Gasteiger partial charge in [0, 0.05) is 5.56 Å². The first-order valence-electron chi connectivity index (χ1n) is 4.56. The molecular weight excluding hydrogens is 339 g/mol. The largest absolute Gasteiger partial charge is 0.496 e. The number of hydrogen-bond donors (Lipinski definition) is 2. The molecule has 1 rings (SSSR count). The summed E-state index contributed by atoms with van der Waals surface area (Å²) in [5.41, 5.74) is 4.70. The fourth-order valence-electron chi connectivity index (χ4n) is 1.04. The lowest BCUT2D eigenvalue weighted by atomic mass is 10.2. The van der Waals surface area contributed by atoms with Gasteiger partial charge in [0.1, 0.15) is 5.75 Å². The van der Waals surface area contributed by atoms with Gasteiger partial charge in [-0.15, -0.1) is 0 Å². The third kappa shape index (κ3) is 3.77. The lowest BCUT2D eigenvalue weighted by Gasteiger charge is -2.08. The standard InChI is InChI=1S/C10H11IN2O4/c1-16-8-4-3-6(5-7(8)11)9(14)12-13-10(15)17-2/h3-5H,1-2H3,(H,12,14)(H,13,15). The maximum Gasteiger partial charge on any atom is 0.425 e. The predicted molar refractivity (Wildman–Crippen MR) is 68.7 cm³/mol. The second kappa shape index (κ2) is 6.28. The van der Waals surface area contributed by atoms with Gasteiger partial charge in [-0.25, -0.2) is 10.2 Å². The average Bonchev–Trinajstić information content (AvgIpc) is 2.35. The van der Waals surface area contributed by atoms with E-state index in [1.807, 2.05) is 0 Å². The molecule has 0 unspecified atom stereocenters. The molecular formula is C10H11IN2O4. The molecule has 0 aromatic heterocycles. The van der Waals surface area contributed by atoms with Crippen LogP contribution in [0, 0.1) is 3.57 Å². The summed E-state index contributed by atoms with van der Waals surface area (Å²) in [4.78, 5) is 22.3. The van der Waals surface area contributed by atoms with Gasteiger partial charge < -0.3 is 9.47 Å². The molecule has 0 radical (unpaired) electrons. The van der Waals surface area contributed by atoms with Crippen molar-refractivity contribution in [2.45, 2.75) is 0 Å². The smallest absolute Gasteiger partial charge is 0.425 e. The number of nitrogens with one attached hydrogen (secondary N) is 2. The second-order valence-corrected chi connectivity index (χ2v) is 4.08. The number of methoxy groups -OCH3 is 2. The van der Waals surface area contributed by atoms with Crippen LogP contribution >= 0.6 is 22.6 Å². The third-order valence-corrected chi connectivity index (χ3v) is 2.72. The van der Waals surface area contributed by atoms with Gasteiger partial charge in [-0.2, -0.15) is 0 Å². The monoisotopic (exact) mass is 350 g/mol. The Bertz CT molecular complexity index is 436. The van der Waals surface area contributed by atoms with Crippen LogP contribution in [0.3, 0.4) is 0 Å². The molecule has 2 N–H and O–H groups in total. The molecule has 6 nitrogen and oxygen atoms in total. The molecule has 0 saturated carbocycles. The van der Waals surface area contributed by atoms with Gasteiger partial charge in [0.25, 0.3) is 5.91 Å². The number of ether oxygens (including phenoxy) is 2. The zero-order valence-corrected chi connectivity index (χ0v) is 11.4. The van der Waals surface area contributed by atoms with E-state index in [1.165, 1.54) is 7.11 Å². The van der Waals surface area contributed by atoms with E-state index in [0.29, 0.717) is 11.3 Å². The minimum atomic E-state index is -0.735. The summed E-state index contributed by atoms with van der Waals surface area (Å²) in [6.45, 7) is 0.